The van der Waals surface area contributed by atoms with Crippen molar-refractivity contribution in [2.45, 2.75) is 38.9 Å². The Morgan fingerprint density at radius 2 is 1.86 bits per heavy atom. The number of para-hydroxylation sites is 1. The lowest BCUT2D eigenvalue weighted by Crippen LogP contribution is -2.49. The molecule has 1 amide bonds. The Hall–Kier alpha value is -1.56. The highest BCUT2D eigenvalue weighted by molar-refractivity contribution is 7.93. The van der Waals surface area contributed by atoms with Crippen LogP contribution >= 0.6 is 0 Å². The molecule has 1 atom stereocenters. The zero-order valence-corrected chi connectivity index (χ0v) is 14.2. The number of carbonyl (C=O) groups excluding carboxylic acids is 1. The standard InChI is InChI=1S/C16H24N2O3S/c1-16(2,3)15(19)18-11-7-10-14(12-18)22(20,21)17-13-8-5-4-6-9-13/h4-6,8-9,14,17H,7,10-12H2,1-3H3/t14-/m0/s1. The first kappa shape index (κ1) is 16.8. The molecule has 1 aliphatic heterocycles. The lowest BCUT2D eigenvalue weighted by molar-refractivity contribution is -0.140. The smallest absolute Gasteiger partial charge is 0.237 e. The monoisotopic (exact) mass is 324 g/mol. The predicted octanol–water partition coefficient (Wildman–Crippen LogP) is 2.47. The van der Waals surface area contributed by atoms with Crippen molar-refractivity contribution in [1.82, 2.24) is 4.90 Å². The quantitative estimate of drug-likeness (QED) is 0.929. The van der Waals surface area contributed by atoms with Crippen molar-refractivity contribution in [2.24, 2.45) is 5.41 Å². The second-order valence-corrected chi connectivity index (χ2v) is 8.74. The molecular formula is C16H24N2O3S. The van der Waals surface area contributed by atoms with Crippen molar-refractivity contribution in [3.63, 3.8) is 0 Å². The predicted molar refractivity (Wildman–Crippen MR) is 88.0 cm³/mol. The molecule has 0 aromatic heterocycles. The van der Waals surface area contributed by atoms with Crippen molar-refractivity contribution in [3.8, 4) is 0 Å². The molecule has 22 heavy (non-hydrogen) atoms. The molecule has 1 fully saturated rings. The van der Waals surface area contributed by atoms with Gasteiger partial charge in [-0.15, -0.1) is 0 Å². The van der Waals surface area contributed by atoms with Gasteiger partial charge in [0.05, 0.1) is 5.25 Å². The van der Waals surface area contributed by atoms with Gasteiger partial charge in [-0.05, 0) is 25.0 Å². The zero-order chi connectivity index (χ0) is 16.4. The molecule has 0 unspecified atom stereocenters. The van der Waals surface area contributed by atoms with Gasteiger partial charge in [0.15, 0.2) is 0 Å². The summed E-state index contributed by atoms with van der Waals surface area (Å²) in [6.45, 7) is 6.47. The second-order valence-electron chi connectivity index (χ2n) is 6.78. The first-order chi connectivity index (χ1) is 10.2. The van der Waals surface area contributed by atoms with Gasteiger partial charge in [-0.25, -0.2) is 8.42 Å². The highest BCUT2D eigenvalue weighted by Crippen LogP contribution is 2.24. The van der Waals surface area contributed by atoms with Gasteiger partial charge >= 0.3 is 0 Å². The Bertz CT molecular complexity index is 621. The second kappa shape index (κ2) is 6.28. The number of piperidine rings is 1. The number of anilines is 1. The summed E-state index contributed by atoms with van der Waals surface area (Å²) in [5, 5.41) is -0.562. The fraction of sp³-hybridized carbons (Fsp3) is 0.562. The van der Waals surface area contributed by atoms with Crippen LogP contribution in [-0.4, -0.2) is 37.6 Å². The van der Waals surface area contributed by atoms with E-state index in [4.69, 9.17) is 0 Å². The van der Waals surface area contributed by atoms with Gasteiger partial charge < -0.3 is 4.90 Å². The summed E-state index contributed by atoms with van der Waals surface area (Å²) in [6, 6.07) is 8.85. The molecule has 1 heterocycles. The highest BCUT2D eigenvalue weighted by atomic mass is 32.2. The molecule has 0 radical (unpaired) electrons. The Balaban J connectivity index is 2.10. The largest absolute Gasteiger partial charge is 0.341 e. The van der Waals surface area contributed by atoms with Crippen LogP contribution in [0.25, 0.3) is 0 Å². The van der Waals surface area contributed by atoms with Crippen molar-refractivity contribution in [3.05, 3.63) is 30.3 Å². The van der Waals surface area contributed by atoms with E-state index in [1.807, 2.05) is 26.8 Å². The lowest BCUT2D eigenvalue weighted by atomic mass is 9.93. The third-order valence-corrected chi connectivity index (χ3v) is 5.56. The summed E-state index contributed by atoms with van der Waals surface area (Å²) >= 11 is 0. The van der Waals surface area contributed by atoms with E-state index in [2.05, 4.69) is 4.72 Å². The van der Waals surface area contributed by atoms with E-state index in [9.17, 15) is 13.2 Å². The van der Waals surface area contributed by atoms with Crippen LogP contribution in [0.3, 0.4) is 0 Å². The molecule has 0 saturated carbocycles. The maximum atomic E-state index is 12.5. The number of amides is 1. The summed E-state index contributed by atoms with van der Waals surface area (Å²) in [5.41, 5.74) is 0.0696. The van der Waals surface area contributed by atoms with Gasteiger partial charge in [-0.1, -0.05) is 39.0 Å². The molecule has 1 saturated heterocycles. The van der Waals surface area contributed by atoms with E-state index in [1.165, 1.54) is 0 Å². The molecule has 1 aromatic carbocycles. The fourth-order valence-corrected chi connectivity index (χ4v) is 4.09. The number of hydrogen-bond donors (Lipinski definition) is 1. The van der Waals surface area contributed by atoms with Crippen LogP contribution in [0.5, 0.6) is 0 Å². The molecule has 1 aliphatic rings. The minimum atomic E-state index is -3.49. The van der Waals surface area contributed by atoms with Gasteiger partial charge in [0, 0.05) is 24.2 Å². The average molecular weight is 324 g/mol. The summed E-state index contributed by atoms with van der Waals surface area (Å²) in [4.78, 5) is 14.0. The van der Waals surface area contributed by atoms with Crippen LogP contribution in [0, 0.1) is 5.41 Å². The van der Waals surface area contributed by atoms with Crippen LogP contribution in [0.1, 0.15) is 33.6 Å². The minimum absolute atomic E-state index is 0.00658. The zero-order valence-electron chi connectivity index (χ0n) is 13.4. The molecule has 0 bridgehead atoms. The lowest BCUT2D eigenvalue weighted by Gasteiger charge is -2.36. The summed E-state index contributed by atoms with van der Waals surface area (Å²) in [6.07, 6.45) is 1.29. The molecule has 1 N–H and O–H groups in total. The van der Waals surface area contributed by atoms with Gasteiger partial charge in [-0.3, -0.25) is 9.52 Å². The highest BCUT2D eigenvalue weighted by Gasteiger charge is 2.36. The topological polar surface area (TPSA) is 66.5 Å². The number of benzene rings is 1. The van der Waals surface area contributed by atoms with Gasteiger partial charge in [-0.2, -0.15) is 0 Å². The first-order valence-corrected chi connectivity index (χ1v) is 9.11. The van der Waals surface area contributed by atoms with Crippen molar-refractivity contribution in [2.75, 3.05) is 17.8 Å². The maximum Gasteiger partial charge on any atom is 0.237 e. The first-order valence-electron chi connectivity index (χ1n) is 7.56. The SMILES string of the molecule is CC(C)(C)C(=O)N1CCC[C@H](S(=O)(=O)Nc2ccccc2)C1. The number of hydrogen-bond acceptors (Lipinski definition) is 3. The third kappa shape index (κ3) is 4.00. The van der Waals surface area contributed by atoms with Crippen molar-refractivity contribution >= 4 is 21.6 Å². The van der Waals surface area contributed by atoms with E-state index >= 15 is 0 Å². The normalized spacial score (nSPS) is 19.8. The van der Waals surface area contributed by atoms with Crippen LogP contribution < -0.4 is 4.72 Å². The Morgan fingerprint density at radius 3 is 2.45 bits per heavy atom. The van der Waals surface area contributed by atoms with Crippen LogP contribution in [0.2, 0.25) is 0 Å². The van der Waals surface area contributed by atoms with Crippen molar-refractivity contribution in [1.29, 1.82) is 0 Å². The molecule has 1 aromatic rings. The number of carbonyl (C=O) groups is 1. The Kier molecular flexibility index (Phi) is 4.80. The number of nitrogens with zero attached hydrogens (tertiary/aromatic N) is 1. The fourth-order valence-electron chi connectivity index (χ4n) is 2.60. The van der Waals surface area contributed by atoms with Gasteiger partial charge in [0.25, 0.3) is 0 Å². The third-order valence-electron chi connectivity index (χ3n) is 3.78. The van der Waals surface area contributed by atoms with Gasteiger partial charge in [0.2, 0.25) is 15.9 Å². The maximum absolute atomic E-state index is 12.5. The van der Waals surface area contributed by atoms with Crippen LogP contribution in [-0.2, 0) is 14.8 Å². The summed E-state index contributed by atoms with van der Waals surface area (Å²) in [7, 11) is -3.49. The van der Waals surface area contributed by atoms with Gasteiger partial charge in [0.1, 0.15) is 0 Å². The Labute approximate surface area is 132 Å². The molecule has 0 spiro atoms. The van der Waals surface area contributed by atoms with E-state index in [1.54, 1.807) is 29.2 Å². The summed E-state index contributed by atoms with van der Waals surface area (Å²) in [5.74, 6) is 0.00658. The molecule has 122 valence electrons. The Morgan fingerprint density at radius 1 is 1.23 bits per heavy atom. The van der Waals surface area contributed by atoms with Crippen LogP contribution in [0.15, 0.2) is 30.3 Å². The molecule has 0 aliphatic carbocycles. The van der Waals surface area contributed by atoms with Crippen LogP contribution in [0.4, 0.5) is 5.69 Å². The van der Waals surface area contributed by atoms with E-state index in [0.29, 0.717) is 25.1 Å². The molecule has 6 heteroatoms. The molecule has 5 nitrogen and oxygen atoms in total. The number of nitrogens with one attached hydrogen (secondary N) is 1. The number of sulfonamides is 1. The van der Waals surface area contributed by atoms with Crippen molar-refractivity contribution < 1.29 is 13.2 Å². The van der Waals surface area contributed by atoms with E-state index in [-0.39, 0.29) is 12.5 Å². The molecule has 2 rings (SSSR count). The summed E-state index contributed by atoms with van der Waals surface area (Å²) < 4.78 is 27.7. The number of likely N-dealkylation sites (tertiary alicyclic amines) is 1. The van der Waals surface area contributed by atoms with E-state index in [0.717, 1.165) is 0 Å². The molecular weight excluding hydrogens is 300 g/mol. The average Bonchev–Trinajstić information content (AvgIpc) is 2.46. The van der Waals surface area contributed by atoms with E-state index < -0.39 is 20.7 Å². The minimum Gasteiger partial charge on any atom is -0.341 e. The number of rotatable bonds is 3.